The Labute approximate surface area is 145 Å². The third-order valence-electron chi connectivity index (χ3n) is 4.55. The number of rotatable bonds is 6. The molecule has 0 saturated carbocycles. The fraction of sp³-hybridized carbons (Fsp3) is 0.556. The van der Waals surface area contributed by atoms with Gasteiger partial charge in [0.1, 0.15) is 12.2 Å². The second-order valence-corrected chi connectivity index (χ2v) is 8.07. The van der Waals surface area contributed by atoms with Crippen molar-refractivity contribution in [2.24, 2.45) is 0 Å². The molecule has 4 heterocycles. The minimum atomic E-state index is 0.00815. The van der Waals surface area contributed by atoms with Crippen molar-refractivity contribution in [3.05, 3.63) is 44.8 Å². The predicted octanol–water partition coefficient (Wildman–Crippen LogP) is 4.97. The van der Waals surface area contributed by atoms with Gasteiger partial charge in [0.05, 0.1) is 12.2 Å². The molecule has 0 aromatic carbocycles. The van der Waals surface area contributed by atoms with Gasteiger partial charge in [0, 0.05) is 23.0 Å². The van der Waals surface area contributed by atoms with E-state index in [-0.39, 0.29) is 24.4 Å². The van der Waals surface area contributed by atoms with Gasteiger partial charge in [-0.1, -0.05) is 12.1 Å². The third-order valence-corrected chi connectivity index (χ3v) is 6.41. The number of thiophene rings is 2. The molecule has 124 valence electrons. The Bertz CT molecular complexity index is 517. The Kier molecular flexibility index (Phi) is 5.11. The number of hydrogen-bond donors (Lipinski definition) is 0. The molecule has 2 aromatic heterocycles. The van der Waals surface area contributed by atoms with Crippen molar-refractivity contribution in [3.63, 3.8) is 0 Å². The highest BCUT2D eigenvalue weighted by Gasteiger charge is 2.36. The molecule has 4 atom stereocenters. The molecular weight excluding hydrogens is 328 g/mol. The lowest BCUT2D eigenvalue weighted by Gasteiger charge is -2.30. The van der Waals surface area contributed by atoms with Gasteiger partial charge in [0.2, 0.25) is 0 Å². The van der Waals surface area contributed by atoms with Crippen LogP contribution in [0.3, 0.4) is 0 Å². The summed E-state index contributed by atoms with van der Waals surface area (Å²) in [5.41, 5.74) is 0. The van der Waals surface area contributed by atoms with Crippen LogP contribution in [0.5, 0.6) is 0 Å². The van der Waals surface area contributed by atoms with Gasteiger partial charge in [-0.3, -0.25) is 0 Å². The second-order valence-electron chi connectivity index (χ2n) is 6.11. The van der Waals surface area contributed by atoms with Gasteiger partial charge in [0.15, 0.2) is 0 Å². The van der Waals surface area contributed by atoms with Crippen LogP contribution in [0, 0.1) is 0 Å². The van der Waals surface area contributed by atoms with Crippen molar-refractivity contribution in [2.45, 2.75) is 50.1 Å². The second kappa shape index (κ2) is 7.45. The molecule has 2 aliphatic rings. The van der Waals surface area contributed by atoms with Crippen molar-refractivity contribution < 1.29 is 14.2 Å². The molecule has 4 rings (SSSR count). The standard InChI is InChI=1S/C18H22O3S2/c1-5-13(19-9-1)17(15-7-3-11-22-15)21-18(14-6-2-10-20-14)16-8-4-12-23-16/h3-4,7-8,11-14,17-18H,1-2,5-6,9-10H2. The highest BCUT2D eigenvalue weighted by Crippen LogP contribution is 2.41. The summed E-state index contributed by atoms with van der Waals surface area (Å²) in [6, 6.07) is 8.52. The van der Waals surface area contributed by atoms with Gasteiger partial charge >= 0.3 is 0 Å². The van der Waals surface area contributed by atoms with Crippen molar-refractivity contribution >= 4 is 22.7 Å². The van der Waals surface area contributed by atoms with Crippen LogP contribution in [-0.4, -0.2) is 25.4 Å². The van der Waals surface area contributed by atoms with Gasteiger partial charge in [-0.2, -0.15) is 0 Å². The van der Waals surface area contributed by atoms with E-state index in [9.17, 15) is 0 Å². The number of ether oxygens (including phenoxy) is 3. The topological polar surface area (TPSA) is 27.7 Å². The quantitative estimate of drug-likeness (QED) is 0.736. The summed E-state index contributed by atoms with van der Waals surface area (Å²) in [5.74, 6) is 0. The highest BCUT2D eigenvalue weighted by atomic mass is 32.1. The Morgan fingerprint density at radius 1 is 0.870 bits per heavy atom. The van der Waals surface area contributed by atoms with Crippen LogP contribution in [0.15, 0.2) is 35.0 Å². The van der Waals surface area contributed by atoms with Gasteiger partial charge in [-0.15, -0.1) is 22.7 Å². The normalized spacial score (nSPS) is 27.3. The van der Waals surface area contributed by atoms with Gasteiger partial charge in [-0.25, -0.2) is 0 Å². The van der Waals surface area contributed by atoms with E-state index < -0.39 is 0 Å². The average molecular weight is 351 g/mol. The maximum absolute atomic E-state index is 6.68. The van der Waals surface area contributed by atoms with E-state index in [1.54, 1.807) is 22.7 Å². The molecule has 0 bridgehead atoms. The van der Waals surface area contributed by atoms with Gasteiger partial charge in [0.25, 0.3) is 0 Å². The molecule has 2 aromatic rings. The summed E-state index contributed by atoms with van der Waals surface area (Å²) in [5, 5.41) is 4.24. The van der Waals surface area contributed by atoms with E-state index in [2.05, 4.69) is 35.0 Å². The molecule has 0 spiro atoms. The molecule has 4 unspecified atom stereocenters. The lowest BCUT2D eigenvalue weighted by atomic mass is 10.1. The summed E-state index contributed by atoms with van der Waals surface area (Å²) < 4.78 is 18.6. The van der Waals surface area contributed by atoms with Crippen LogP contribution >= 0.6 is 22.7 Å². The van der Waals surface area contributed by atoms with Crippen LogP contribution in [0.1, 0.15) is 47.6 Å². The fourth-order valence-corrected chi connectivity index (χ4v) is 5.05. The molecular formula is C18H22O3S2. The summed E-state index contributed by atoms with van der Waals surface area (Å²) in [7, 11) is 0. The van der Waals surface area contributed by atoms with Gasteiger partial charge in [-0.05, 0) is 48.6 Å². The summed E-state index contributed by atoms with van der Waals surface area (Å²) >= 11 is 3.51. The zero-order valence-corrected chi connectivity index (χ0v) is 14.7. The molecule has 0 N–H and O–H groups in total. The van der Waals surface area contributed by atoms with Crippen LogP contribution < -0.4 is 0 Å². The van der Waals surface area contributed by atoms with E-state index >= 15 is 0 Å². The zero-order chi connectivity index (χ0) is 15.5. The largest absolute Gasteiger partial charge is 0.375 e. The third kappa shape index (κ3) is 3.54. The van der Waals surface area contributed by atoms with Gasteiger partial charge < -0.3 is 14.2 Å². The van der Waals surface area contributed by atoms with Crippen molar-refractivity contribution in [1.82, 2.24) is 0 Å². The monoisotopic (exact) mass is 350 g/mol. The first-order chi connectivity index (χ1) is 11.4. The van der Waals surface area contributed by atoms with Crippen molar-refractivity contribution in [1.29, 1.82) is 0 Å². The van der Waals surface area contributed by atoms with E-state index in [1.807, 2.05) is 0 Å². The highest BCUT2D eigenvalue weighted by molar-refractivity contribution is 7.10. The minimum absolute atomic E-state index is 0.00815. The van der Waals surface area contributed by atoms with E-state index in [4.69, 9.17) is 14.2 Å². The molecule has 3 nitrogen and oxygen atoms in total. The molecule has 0 amide bonds. The lowest BCUT2D eigenvalue weighted by molar-refractivity contribution is -0.126. The maximum atomic E-state index is 6.68. The van der Waals surface area contributed by atoms with Crippen molar-refractivity contribution in [3.8, 4) is 0 Å². The smallest absolute Gasteiger partial charge is 0.119 e. The van der Waals surface area contributed by atoms with Crippen molar-refractivity contribution in [2.75, 3.05) is 13.2 Å². The Balaban J connectivity index is 1.59. The van der Waals surface area contributed by atoms with Crippen LogP contribution in [0.4, 0.5) is 0 Å². The first kappa shape index (κ1) is 15.8. The molecule has 5 heteroatoms. The Hall–Kier alpha value is -0.720. The zero-order valence-electron chi connectivity index (χ0n) is 13.1. The Morgan fingerprint density at radius 3 is 1.74 bits per heavy atom. The van der Waals surface area contributed by atoms with Crippen LogP contribution in [-0.2, 0) is 14.2 Å². The van der Waals surface area contributed by atoms with Crippen LogP contribution in [0.2, 0.25) is 0 Å². The van der Waals surface area contributed by atoms with E-state index in [0.29, 0.717) is 0 Å². The van der Waals surface area contributed by atoms with E-state index in [0.717, 1.165) is 38.9 Å². The summed E-state index contributed by atoms with van der Waals surface area (Å²) in [6.07, 6.45) is 4.74. The molecule has 2 aliphatic heterocycles. The SMILES string of the molecule is c1csc(C(OC(c2cccs2)C2CCCO2)C2CCCO2)c1. The Morgan fingerprint density at radius 2 is 1.39 bits per heavy atom. The molecule has 2 saturated heterocycles. The maximum Gasteiger partial charge on any atom is 0.119 e. The summed E-state index contributed by atoms with van der Waals surface area (Å²) in [4.78, 5) is 2.52. The first-order valence-corrected chi connectivity index (χ1v) is 10.1. The molecule has 0 aliphatic carbocycles. The average Bonchev–Trinajstić information content (AvgIpc) is 3.35. The fourth-order valence-electron chi connectivity index (χ4n) is 3.42. The van der Waals surface area contributed by atoms with E-state index in [1.165, 1.54) is 9.75 Å². The first-order valence-electron chi connectivity index (χ1n) is 8.37. The lowest BCUT2D eigenvalue weighted by Crippen LogP contribution is -2.27. The predicted molar refractivity (Wildman–Crippen MR) is 93.2 cm³/mol. The molecule has 23 heavy (non-hydrogen) atoms. The van der Waals surface area contributed by atoms with Crippen LogP contribution in [0.25, 0.3) is 0 Å². The minimum Gasteiger partial charge on any atom is -0.375 e. The number of hydrogen-bond acceptors (Lipinski definition) is 5. The summed E-state index contributed by atoms with van der Waals surface area (Å²) in [6.45, 7) is 1.69. The molecule has 2 fully saturated rings. The molecule has 0 radical (unpaired) electrons.